The van der Waals surface area contributed by atoms with Crippen molar-refractivity contribution in [3.05, 3.63) is 24.3 Å². The molecular formula is C19H28N4O2. The van der Waals surface area contributed by atoms with Crippen LogP contribution >= 0.6 is 0 Å². The maximum atomic E-state index is 12.2. The fourth-order valence-electron chi connectivity index (χ4n) is 3.25. The molecule has 1 saturated carbocycles. The van der Waals surface area contributed by atoms with Gasteiger partial charge in [0.15, 0.2) is 0 Å². The van der Waals surface area contributed by atoms with Crippen LogP contribution in [0.15, 0.2) is 24.3 Å². The molecule has 0 radical (unpaired) electrons. The molecular weight excluding hydrogens is 316 g/mol. The second kappa shape index (κ2) is 8.34. The first-order chi connectivity index (χ1) is 12.1. The molecule has 1 heterocycles. The molecule has 1 aliphatic heterocycles. The first-order valence-corrected chi connectivity index (χ1v) is 9.28. The van der Waals surface area contributed by atoms with Gasteiger partial charge in [0.25, 0.3) is 0 Å². The highest BCUT2D eigenvalue weighted by molar-refractivity contribution is 5.92. The molecule has 3 rings (SSSR count). The van der Waals surface area contributed by atoms with Crippen LogP contribution in [0.5, 0.6) is 0 Å². The molecule has 0 spiro atoms. The zero-order valence-electron chi connectivity index (χ0n) is 14.8. The van der Waals surface area contributed by atoms with Gasteiger partial charge in [-0.25, -0.2) is 4.79 Å². The van der Waals surface area contributed by atoms with E-state index in [1.54, 1.807) is 12.1 Å². The Morgan fingerprint density at radius 1 is 1.12 bits per heavy atom. The van der Waals surface area contributed by atoms with Gasteiger partial charge in [-0.2, -0.15) is 0 Å². The number of hydrogen-bond acceptors (Lipinski definition) is 3. The highest BCUT2D eigenvalue weighted by Crippen LogP contribution is 2.23. The Kier molecular flexibility index (Phi) is 5.91. The van der Waals surface area contributed by atoms with Gasteiger partial charge in [-0.15, -0.1) is 0 Å². The lowest BCUT2D eigenvalue weighted by Crippen LogP contribution is -2.34. The van der Waals surface area contributed by atoms with Crippen molar-refractivity contribution in [1.82, 2.24) is 10.6 Å². The lowest BCUT2D eigenvalue weighted by Gasteiger charge is -2.28. The van der Waals surface area contributed by atoms with E-state index in [0.717, 1.165) is 37.3 Å². The summed E-state index contributed by atoms with van der Waals surface area (Å²) in [5.74, 6) is 1.00. The molecule has 2 fully saturated rings. The minimum absolute atomic E-state index is 0.0465. The maximum absolute atomic E-state index is 12.2. The van der Waals surface area contributed by atoms with Gasteiger partial charge in [0.1, 0.15) is 0 Å². The molecule has 1 aliphatic carbocycles. The lowest BCUT2D eigenvalue weighted by molar-refractivity contribution is -0.117. The van der Waals surface area contributed by atoms with Crippen molar-refractivity contribution in [2.45, 2.75) is 45.1 Å². The topological polar surface area (TPSA) is 82.3 Å². The Morgan fingerprint density at radius 2 is 1.80 bits per heavy atom. The number of hydrogen-bond donors (Lipinski definition) is 4. The second-order valence-electron chi connectivity index (χ2n) is 7.29. The van der Waals surface area contributed by atoms with E-state index in [-0.39, 0.29) is 11.9 Å². The molecule has 4 N–H and O–H groups in total. The Balaban J connectivity index is 1.43. The quantitative estimate of drug-likeness (QED) is 0.640. The minimum Gasteiger partial charge on any atom is -0.335 e. The summed E-state index contributed by atoms with van der Waals surface area (Å²) in [5.41, 5.74) is 1.48. The van der Waals surface area contributed by atoms with Crippen LogP contribution < -0.4 is 21.3 Å². The number of urea groups is 1. The zero-order chi connectivity index (χ0) is 17.6. The van der Waals surface area contributed by atoms with Crippen molar-refractivity contribution >= 4 is 23.3 Å². The minimum atomic E-state index is -0.172. The first-order valence-electron chi connectivity index (χ1n) is 9.28. The van der Waals surface area contributed by atoms with Crippen LogP contribution in [0.3, 0.4) is 0 Å². The van der Waals surface area contributed by atoms with E-state index in [2.05, 4.69) is 28.2 Å². The van der Waals surface area contributed by atoms with Crippen LogP contribution in [0.1, 0.15) is 39.0 Å². The van der Waals surface area contributed by atoms with Crippen molar-refractivity contribution in [3.63, 3.8) is 0 Å². The SMILES string of the molecule is CC(CC(=O)Nc1ccc(NC(=O)NC2CC2)cc1)C1CCCNC1. The molecule has 136 valence electrons. The summed E-state index contributed by atoms with van der Waals surface area (Å²) in [4.78, 5) is 23.9. The van der Waals surface area contributed by atoms with Crippen LogP contribution in [-0.2, 0) is 4.79 Å². The Bertz CT molecular complexity index is 592. The van der Waals surface area contributed by atoms with Crippen molar-refractivity contribution < 1.29 is 9.59 Å². The average Bonchev–Trinajstić information content (AvgIpc) is 3.41. The Hall–Kier alpha value is -2.08. The van der Waals surface area contributed by atoms with Crippen LogP contribution in [-0.4, -0.2) is 31.1 Å². The summed E-state index contributed by atoms with van der Waals surface area (Å²) >= 11 is 0. The number of carbonyl (C=O) groups excluding carboxylic acids is 2. The number of piperidine rings is 1. The summed E-state index contributed by atoms with van der Waals surface area (Å²) < 4.78 is 0. The summed E-state index contributed by atoms with van der Waals surface area (Å²) in [7, 11) is 0. The zero-order valence-corrected chi connectivity index (χ0v) is 14.8. The van der Waals surface area contributed by atoms with E-state index in [1.807, 2.05) is 12.1 Å². The van der Waals surface area contributed by atoms with Gasteiger partial charge in [0.05, 0.1) is 0 Å². The van der Waals surface area contributed by atoms with E-state index in [0.29, 0.717) is 24.3 Å². The third kappa shape index (κ3) is 5.74. The molecule has 6 heteroatoms. The first kappa shape index (κ1) is 17.7. The average molecular weight is 344 g/mol. The fraction of sp³-hybridized carbons (Fsp3) is 0.579. The highest BCUT2D eigenvalue weighted by atomic mass is 16.2. The third-order valence-corrected chi connectivity index (χ3v) is 4.99. The van der Waals surface area contributed by atoms with Crippen LogP contribution in [0.4, 0.5) is 16.2 Å². The standard InChI is InChI=1S/C19H28N4O2/c1-13(14-3-2-10-20-12-14)11-18(24)21-15-4-6-16(7-5-15)22-19(25)23-17-8-9-17/h4-7,13-14,17,20H,2-3,8-12H2,1H3,(H,21,24)(H2,22,23,25). The Morgan fingerprint density at radius 3 is 2.40 bits per heavy atom. The van der Waals surface area contributed by atoms with Crippen LogP contribution in [0.2, 0.25) is 0 Å². The molecule has 2 atom stereocenters. The molecule has 3 amide bonds. The van der Waals surface area contributed by atoms with Crippen LogP contribution in [0.25, 0.3) is 0 Å². The summed E-state index contributed by atoms with van der Waals surface area (Å²) in [6.07, 6.45) is 5.06. The van der Waals surface area contributed by atoms with Gasteiger partial charge in [-0.1, -0.05) is 6.92 Å². The van der Waals surface area contributed by atoms with Crippen molar-refractivity contribution in [1.29, 1.82) is 0 Å². The van der Waals surface area contributed by atoms with Gasteiger partial charge in [0.2, 0.25) is 5.91 Å². The van der Waals surface area contributed by atoms with Gasteiger partial charge in [-0.05, 0) is 74.9 Å². The van der Waals surface area contributed by atoms with Crippen molar-refractivity contribution in [3.8, 4) is 0 Å². The van der Waals surface area contributed by atoms with E-state index in [9.17, 15) is 9.59 Å². The van der Waals surface area contributed by atoms with Crippen molar-refractivity contribution in [2.24, 2.45) is 11.8 Å². The molecule has 1 aromatic rings. The number of anilines is 2. The normalized spacial score (nSPS) is 21.2. The lowest BCUT2D eigenvalue weighted by atomic mass is 9.85. The number of carbonyl (C=O) groups is 2. The molecule has 1 aromatic carbocycles. The number of rotatable bonds is 6. The van der Waals surface area contributed by atoms with Gasteiger partial charge in [0, 0.05) is 23.8 Å². The number of nitrogens with one attached hydrogen (secondary N) is 4. The fourth-order valence-corrected chi connectivity index (χ4v) is 3.25. The largest absolute Gasteiger partial charge is 0.335 e. The molecule has 2 aliphatic rings. The summed E-state index contributed by atoms with van der Waals surface area (Å²) in [6.45, 7) is 4.26. The Labute approximate surface area is 149 Å². The summed E-state index contributed by atoms with van der Waals surface area (Å²) in [5, 5.41) is 12.0. The number of amides is 3. The van der Waals surface area contributed by atoms with E-state index in [4.69, 9.17) is 0 Å². The third-order valence-electron chi connectivity index (χ3n) is 4.99. The highest BCUT2D eigenvalue weighted by Gasteiger charge is 2.23. The second-order valence-corrected chi connectivity index (χ2v) is 7.29. The van der Waals surface area contributed by atoms with E-state index < -0.39 is 0 Å². The monoisotopic (exact) mass is 344 g/mol. The van der Waals surface area contributed by atoms with Crippen molar-refractivity contribution in [2.75, 3.05) is 23.7 Å². The molecule has 0 aromatic heterocycles. The molecule has 2 unspecified atom stereocenters. The number of benzene rings is 1. The smallest absolute Gasteiger partial charge is 0.319 e. The molecule has 0 bridgehead atoms. The molecule has 1 saturated heterocycles. The van der Waals surface area contributed by atoms with Gasteiger partial charge in [-0.3, -0.25) is 4.79 Å². The van der Waals surface area contributed by atoms with Crippen LogP contribution in [0, 0.1) is 11.8 Å². The maximum Gasteiger partial charge on any atom is 0.319 e. The summed E-state index contributed by atoms with van der Waals surface area (Å²) in [6, 6.07) is 7.40. The van der Waals surface area contributed by atoms with Gasteiger partial charge < -0.3 is 21.3 Å². The van der Waals surface area contributed by atoms with E-state index >= 15 is 0 Å². The van der Waals surface area contributed by atoms with E-state index in [1.165, 1.54) is 12.8 Å². The molecule has 25 heavy (non-hydrogen) atoms. The van der Waals surface area contributed by atoms with Gasteiger partial charge >= 0.3 is 6.03 Å². The predicted octanol–water partition coefficient (Wildman–Crippen LogP) is 2.93. The molecule has 6 nitrogen and oxygen atoms in total. The predicted molar refractivity (Wildman–Crippen MR) is 99.6 cm³/mol.